The molecule has 1 unspecified atom stereocenters. The predicted octanol–water partition coefficient (Wildman–Crippen LogP) is 1.35. The topological polar surface area (TPSA) is 92.4 Å². The summed E-state index contributed by atoms with van der Waals surface area (Å²) in [6, 6.07) is 1.89. The molecule has 102 valence electrons. The van der Waals surface area contributed by atoms with Gasteiger partial charge >= 0.3 is 5.97 Å². The molecular formula is C12H17N5O2. The second-order valence-electron chi connectivity index (χ2n) is 4.67. The lowest BCUT2D eigenvalue weighted by molar-refractivity contribution is -0.137. The third kappa shape index (κ3) is 3.40. The van der Waals surface area contributed by atoms with Gasteiger partial charge in [0.25, 0.3) is 5.78 Å². The van der Waals surface area contributed by atoms with Crippen LogP contribution < -0.4 is 5.32 Å². The van der Waals surface area contributed by atoms with Crippen molar-refractivity contribution < 1.29 is 9.90 Å². The first-order chi connectivity index (χ1) is 9.06. The number of nitrogens with one attached hydrogen (secondary N) is 1. The van der Waals surface area contributed by atoms with E-state index in [1.807, 2.05) is 19.9 Å². The highest BCUT2D eigenvalue weighted by molar-refractivity contribution is 5.66. The summed E-state index contributed by atoms with van der Waals surface area (Å²) in [5.74, 6) is 0.885. The second kappa shape index (κ2) is 5.64. The number of hydrogen-bond donors (Lipinski definition) is 2. The van der Waals surface area contributed by atoms with Crippen molar-refractivity contribution in [3.8, 4) is 0 Å². The largest absolute Gasteiger partial charge is 0.481 e. The van der Waals surface area contributed by atoms with Gasteiger partial charge in [-0.2, -0.15) is 14.6 Å². The molecule has 0 aliphatic heterocycles. The summed E-state index contributed by atoms with van der Waals surface area (Å²) in [6.07, 6.45) is 2.30. The first-order valence-corrected chi connectivity index (χ1v) is 6.19. The van der Waals surface area contributed by atoms with E-state index in [0.29, 0.717) is 18.7 Å². The maximum atomic E-state index is 10.5. The van der Waals surface area contributed by atoms with Gasteiger partial charge in [-0.25, -0.2) is 4.98 Å². The third-order valence-corrected chi connectivity index (χ3v) is 2.86. The van der Waals surface area contributed by atoms with Crippen LogP contribution >= 0.6 is 0 Å². The number of carboxylic acids is 1. The molecule has 0 amide bonds. The lowest BCUT2D eigenvalue weighted by atomic mass is 10.1. The van der Waals surface area contributed by atoms with Crippen LogP contribution in [-0.2, 0) is 4.79 Å². The number of nitrogens with zero attached hydrogens (tertiary/aromatic N) is 4. The molecule has 0 spiro atoms. The molecule has 0 radical (unpaired) electrons. The summed E-state index contributed by atoms with van der Waals surface area (Å²) in [4.78, 5) is 18.8. The van der Waals surface area contributed by atoms with Gasteiger partial charge in [-0.15, -0.1) is 0 Å². The molecule has 0 saturated heterocycles. The Labute approximate surface area is 110 Å². The average Bonchev–Trinajstić information content (AvgIpc) is 2.81. The Morgan fingerprint density at radius 2 is 2.37 bits per heavy atom. The molecule has 0 aliphatic rings. The number of carboxylic acid groups (broad SMARTS) is 1. The molecule has 2 heterocycles. The highest BCUT2D eigenvalue weighted by Gasteiger charge is 2.08. The van der Waals surface area contributed by atoms with Crippen LogP contribution in [0, 0.1) is 12.8 Å². The van der Waals surface area contributed by atoms with E-state index < -0.39 is 5.97 Å². The third-order valence-electron chi connectivity index (χ3n) is 2.86. The van der Waals surface area contributed by atoms with Gasteiger partial charge in [0.2, 0.25) is 0 Å². The van der Waals surface area contributed by atoms with Gasteiger partial charge in [0, 0.05) is 24.7 Å². The van der Waals surface area contributed by atoms with Crippen molar-refractivity contribution >= 4 is 17.6 Å². The van der Waals surface area contributed by atoms with Crippen LogP contribution in [0.15, 0.2) is 12.4 Å². The van der Waals surface area contributed by atoms with Gasteiger partial charge in [-0.1, -0.05) is 6.92 Å². The van der Waals surface area contributed by atoms with Gasteiger partial charge in [0.15, 0.2) is 0 Å². The average molecular weight is 263 g/mol. The van der Waals surface area contributed by atoms with Crippen molar-refractivity contribution in [1.29, 1.82) is 0 Å². The Kier molecular flexibility index (Phi) is 3.94. The van der Waals surface area contributed by atoms with E-state index in [1.165, 1.54) is 6.33 Å². The highest BCUT2D eigenvalue weighted by atomic mass is 16.4. The van der Waals surface area contributed by atoms with E-state index in [9.17, 15) is 4.79 Å². The van der Waals surface area contributed by atoms with Crippen molar-refractivity contribution in [2.24, 2.45) is 5.92 Å². The van der Waals surface area contributed by atoms with E-state index >= 15 is 0 Å². The van der Waals surface area contributed by atoms with Crippen molar-refractivity contribution in [1.82, 2.24) is 19.6 Å². The van der Waals surface area contributed by atoms with Gasteiger partial charge in [-0.3, -0.25) is 4.79 Å². The van der Waals surface area contributed by atoms with Gasteiger partial charge in [0.1, 0.15) is 12.1 Å². The molecule has 0 fully saturated rings. The molecule has 0 aliphatic carbocycles. The molecular weight excluding hydrogens is 246 g/mol. The number of anilines is 1. The van der Waals surface area contributed by atoms with E-state index in [2.05, 4.69) is 20.4 Å². The number of aliphatic carboxylic acids is 1. The number of aryl methyl sites for hydroxylation is 1. The quantitative estimate of drug-likeness (QED) is 0.817. The van der Waals surface area contributed by atoms with Crippen LogP contribution in [0.4, 0.5) is 5.82 Å². The zero-order valence-electron chi connectivity index (χ0n) is 11.0. The predicted molar refractivity (Wildman–Crippen MR) is 70.0 cm³/mol. The summed E-state index contributed by atoms with van der Waals surface area (Å²) in [6.45, 7) is 4.60. The standard InChI is InChI=1S/C12H17N5O2/c1-8(3-4-11(18)19)6-13-10-5-9(2)16-12-14-7-15-17(10)12/h5,7-8,13H,3-4,6H2,1-2H3,(H,18,19). The van der Waals surface area contributed by atoms with Gasteiger partial charge in [-0.05, 0) is 19.3 Å². The van der Waals surface area contributed by atoms with Crippen molar-refractivity contribution in [2.45, 2.75) is 26.7 Å². The Morgan fingerprint density at radius 3 is 3.11 bits per heavy atom. The minimum Gasteiger partial charge on any atom is -0.481 e. The number of carbonyl (C=O) groups is 1. The smallest absolute Gasteiger partial charge is 0.303 e. The molecule has 2 rings (SSSR count). The van der Waals surface area contributed by atoms with Gasteiger partial charge < -0.3 is 10.4 Å². The summed E-state index contributed by atoms with van der Waals surface area (Å²) in [7, 11) is 0. The first kappa shape index (κ1) is 13.3. The maximum absolute atomic E-state index is 10.5. The zero-order chi connectivity index (χ0) is 13.8. The van der Waals surface area contributed by atoms with E-state index in [1.54, 1.807) is 4.52 Å². The molecule has 0 bridgehead atoms. The Hall–Kier alpha value is -2.18. The molecule has 2 aromatic rings. The van der Waals surface area contributed by atoms with Crippen LogP contribution in [0.25, 0.3) is 5.78 Å². The fourth-order valence-corrected chi connectivity index (χ4v) is 1.81. The zero-order valence-corrected chi connectivity index (χ0v) is 11.0. The van der Waals surface area contributed by atoms with Crippen LogP contribution in [0.2, 0.25) is 0 Å². The summed E-state index contributed by atoms with van der Waals surface area (Å²) >= 11 is 0. The number of aromatic nitrogens is 4. The molecule has 2 aromatic heterocycles. The molecule has 7 nitrogen and oxygen atoms in total. The van der Waals surface area contributed by atoms with Crippen molar-refractivity contribution in [2.75, 3.05) is 11.9 Å². The molecule has 7 heteroatoms. The summed E-state index contributed by atoms with van der Waals surface area (Å²) in [5.41, 5.74) is 0.862. The maximum Gasteiger partial charge on any atom is 0.303 e. The lowest BCUT2D eigenvalue weighted by Gasteiger charge is -2.13. The summed E-state index contributed by atoms with van der Waals surface area (Å²) < 4.78 is 1.64. The van der Waals surface area contributed by atoms with Crippen LogP contribution in [0.1, 0.15) is 25.5 Å². The minimum absolute atomic E-state index is 0.191. The van der Waals surface area contributed by atoms with Gasteiger partial charge in [0.05, 0.1) is 0 Å². The normalized spacial score (nSPS) is 12.5. The monoisotopic (exact) mass is 263 g/mol. The lowest BCUT2D eigenvalue weighted by Crippen LogP contribution is -2.15. The SMILES string of the molecule is Cc1cc(NCC(C)CCC(=O)O)n2ncnc2n1. The number of hydrogen-bond acceptors (Lipinski definition) is 5. The van der Waals surface area contributed by atoms with E-state index in [0.717, 1.165) is 11.5 Å². The molecule has 19 heavy (non-hydrogen) atoms. The van der Waals surface area contributed by atoms with Crippen LogP contribution in [-0.4, -0.2) is 37.2 Å². The second-order valence-corrected chi connectivity index (χ2v) is 4.67. The Bertz CT molecular complexity index is 581. The number of rotatable bonds is 6. The fraction of sp³-hybridized carbons (Fsp3) is 0.500. The fourth-order valence-electron chi connectivity index (χ4n) is 1.81. The van der Waals surface area contributed by atoms with Crippen LogP contribution in [0.3, 0.4) is 0 Å². The van der Waals surface area contributed by atoms with Crippen molar-refractivity contribution in [3.63, 3.8) is 0 Å². The summed E-state index contributed by atoms with van der Waals surface area (Å²) in [5, 5.41) is 16.0. The first-order valence-electron chi connectivity index (χ1n) is 6.19. The Balaban J connectivity index is 2.01. The Morgan fingerprint density at radius 1 is 1.58 bits per heavy atom. The van der Waals surface area contributed by atoms with E-state index in [-0.39, 0.29) is 12.3 Å². The highest BCUT2D eigenvalue weighted by Crippen LogP contribution is 2.12. The minimum atomic E-state index is -0.759. The van der Waals surface area contributed by atoms with Crippen LogP contribution in [0.5, 0.6) is 0 Å². The molecule has 0 aromatic carbocycles. The molecule has 0 saturated carbocycles. The van der Waals surface area contributed by atoms with E-state index in [4.69, 9.17) is 5.11 Å². The molecule has 1 atom stereocenters. The molecule has 2 N–H and O–H groups in total. The number of fused-ring (bicyclic) bond motifs is 1. The van der Waals surface area contributed by atoms with Crippen molar-refractivity contribution in [3.05, 3.63) is 18.1 Å².